The van der Waals surface area contributed by atoms with Gasteiger partial charge in [-0.3, -0.25) is 0 Å². The first-order valence-electron chi connectivity index (χ1n) is 4.43. The SMILES string of the molecule is Nc1cnc(NCc2cccc(Br)c2)s1. The van der Waals surface area contributed by atoms with Crippen LogP contribution in [-0.4, -0.2) is 4.98 Å². The number of nitrogens with two attached hydrogens (primary N) is 1. The van der Waals surface area contributed by atoms with E-state index in [0.717, 1.165) is 21.2 Å². The van der Waals surface area contributed by atoms with Crippen molar-refractivity contribution >= 4 is 37.4 Å². The first-order valence-corrected chi connectivity index (χ1v) is 6.04. The van der Waals surface area contributed by atoms with E-state index in [1.54, 1.807) is 6.20 Å². The molecule has 0 aliphatic rings. The normalized spacial score (nSPS) is 10.2. The molecule has 2 rings (SSSR count). The maximum absolute atomic E-state index is 5.58. The standard InChI is InChI=1S/C10H10BrN3S/c11-8-3-1-2-7(4-8)5-13-10-14-6-9(12)15-10/h1-4,6H,5,12H2,(H,13,14). The first kappa shape index (κ1) is 10.4. The Kier molecular flexibility index (Phi) is 3.23. The number of aromatic nitrogens is 1. The number of hydrogen-bond donors (Lipinski definition) is 2. The highest BCUT2D eigenvalue weighted by atomic mass is 79.9. The second-order valence-electron chi connectivity index (χ2n) is 3.05. The highest BCUT2D eigenvalue weighted by Crippen LogP contribution is 2.20. The zero-order valence-electron chi connectivity index (χ0n) is 7.90. The Hall–Kier alpha value is -1.07. The van der Waals surface area contributed by atoms with E-state index in [-0.39, 0.29) is 0 Å². The largest absolute Gasteiger partial charge is 0.389 e. The van der Waals surface area contributed by atoms with Gasteiger partial charge in [-0.05, 0) is 17.7 Å². The summed E-state index contributed by atoms with van der Waals surface area (Å²) >= 11 is 4.89. The van der Waals surface area contributed by atoms with Crippen LogP contribution in [-0.2, 0) is 6.54 Å². The lowest BCUT2D eigenvalue weighted by Crippen LogP contribution is -1.98. The van der Waals surface area contributed by atoms with Crippen molar-refractivity contribution in [3.8, 4) is 0 Å². The Morgan fingerprint density at radius 3 is 3.00 bits per heavy atom. The summed E-state index contributed by atoms with van der Waals surface area (Å²) in [6, 6.07) is 8.15. The van der Waals surface area contributed by atoms with Crippen LogP contribution in [0.4, 0.5) is 10.1 Å². The Morgan fingerprint density at radius 2 is 2.33 bits per heavy atom. The number of rotatable bonds is 3. The van der Waals surface area contributed by atoms with Gasteiger partial charge in [0, 0.05) is 11.0 Å². The molecule has 1 aromatic carbocycles. The van der Waals surface area contributed by atoms with Crippen LogP contribution in [0.1, 0.15) is 5.56 Å². The van der Waals surface area contributed by atoms with Crippen LogP contribution in [0.2, 0.25) is 0 Å². The molecule has 0 radical (unpaired) electrons. The third-order valence-electron chi connectivity index (χ3n) is 1.86. The van der Waals surface area contributed by atoms with Gasteiger partial charge in [-0.1, -0.05) is 39.4 Å². The Labute approximate surface area is 100 Å². The van der Waals surface area contributed by atoms with Crippen LogP contribution in [0.3, 0.4) is 0 Å². The summed E-state index contributed by atoms with van der Waals surface area (Å²) in [6.45, 7) is 0.756. The van der Waals surface area contributed by atoms with Crippen molar-refractivity contribution in [1.29, 1.82) is 0 Å². The lowest BCUT2D eigenvalue weighted by atomic mass is 10.2. The monoisotopic (exact) mass is 283 g/mol. The molecule has 78 valence electrons. The predicted octanol–water partition coefficient (Wildman–Crippen LogP) is 3.10. The molecule has 1 aromatic heterocycles. The molecule has 3 N–H and O–H groups in total. The predicted molar refractivity (Wildman–Crippen MR) is 68.0 cm³/mol. The minimum Gasteiger partial charge on any atom is -0.389 e. The van der Waals surface area contributed by atoms with Gasteiger partial charge in [0.15, 0.2) is 5.13 Å². The van der Waals surface area contributed by atoms with Crippen molar-refractivity contribution in [2.24, 2.45) is 0 Å². The van der Waals surface area contributed by atoms with Crippen molar-refractivity contribution in [2.45, 2.75) is 6.54 Å². The van der Waals surface area contributed by atoms with Crippen LogP contribution in [0, 0.1) is 0 Å². The summed E-state index contributed by atoms with van der Waals surface area (Å²) in [4.78, 5) is 4.12. The minimum absolute atomic E-state index is 0.728. The molecule has 15 heavy (non-hydrogen) atoms. The highest BCUT2D eigenvalue weighted by molar-refractivity contribution is 9.10. The number of halogens is 1. The first-order chi connectivity index (χ1) is 7.24. The van der Waals surface area contributed by atoms with E-state index in [0.29, 0.717) is 0 Å². The van der Waals surface area contributed by atoms with Gasteiger partial charge >= 0.3 is 0 Å². The van der Waals surface area contributed by atoms with Crippen LogP contribution >= 0.6 is 27.3 Å². The number of nitrogens with zero attached hydrogens (tertiary/aromatic N) is 1. The van der Waals surface area contributed by atoms with Crippen LogP contribution in [0.15, 0.2) is 34.9 Å². The Balaban J connectivity index is 1.99. The molecule has 0 aliphatic carbocycles. The smallest absolute Gasteiger partial charge is 0.184 e. The number of nitrogens with one attached hydrogen (secondary N) is 1. The van der Waals surface area contributed by atoms with Crippen LogP contribution < -0.4 is 11.1 Å². The maximum atomic E-state index is 5.58. The molecule has 1 heterocycles. The topological polar surface area (TPSA) is 50.9 Å². The van der Waals surface area contributed by atoms with Gasteiger partial charge in [0.1, 0.15) is 5.00 Å². The van der Waals surface area contributed by atoms with Crippen molar-refractivity contribution in [3.63, 3.8) is 0 Å². The Morgan fingerprint density at radius 1 is 1.47 bits per heavy atom. The van der Waals surface area contributed by atoms with Crippen molar-refractivity contribution in [3.05, 3.63) is 40.5 Å². The molecule has 0 amide bonds. The third-order valence-corrected chi connectivity index (χ3v) is 3.13. The summed E-state index contributed by atoms with van der Waals surface area (Å²) in [5, 5.41) is 4.80. The average Bonchev–Trinajstić information content (AvgIpc) is 2.62. The lowest BCUT2D eigenvalue weighted by molar-refractivity contribution is 1.13. The van der Waals surface area contributed by atoms with Gasteiger partial charge in [-0.25, -0.2) is 4.98 Å². The van der Waals surface area contributed by atoms with Crippen molar-refractivity contribution < 1.29 is 0 Å². The fourth-order valence-electron chi connectivity index (χ4n) is 1.19. The van der Waals surface area contributed by atoms with Gasteiger partial charge in [-0.2, -0.15) is 0 Å². The molecule has 0 spiro atoms. The molecule has 0 unspecified atom stereocenters. The Bertz CT molecular complexity index is 455. The summed E-state index contributed by atoms with van der Waals surface area (Å²) in [5.41, 5.74) is 6.79. The molecule has 0 fully saturated rings. The molecule has 3 nitrogen and oxygen atoms in total. The maximum Gasteiger partial charge on any atom is 0.184 e. The summed E-state index contributed by atoms with van der Waals surface area (Å²) in [5.74, 6) is 0. The van der Waals surface area contributed by atoms with E-state index in [4.69, 9.17) is 5.73 Å². The lowest BCUT2D eigenvalue weighted by Gasteiger charge is -2.02. The van der Waals surface area contributed by atoms with E-state index in [1.807, 2.05) is 12.1 Å². The number of thiazole rings is 1. The molecule has 0 saturated heterocycles. The van der Waals surface area contributed by atoms with E-state index >= 15 is 0 Å². The number of nitrogen functional groups attached to an aromatic ring is 1. The quantitative estimate of drug-likeness (QED) is 0.910. The number of anilines is 2. The van der Waals surface area contributed by atoms with Crippen molar-refractivity contribution in [2.75, 3.05) is 11.1 Å². The van der Waals surface area contributed by atoms with E-state index < -0.39 is 0 Å². The van der Waals surface area contributed by atoms with Crippen molar-refractivity contribution in [1.82, 2.24) is 4.98 Å². The second-order valence-corrected chi connectivity index (χ2v) is 5.03. The number of hydrogen-bond acceptors (Lipinski definition) is 4. The molecule has 0 atom stereocenters. The number of benzene rings is 1. The van der Waals surface area contributed by atoms with Gasteiger partial charge in [0.05, 0.1) is 6.20 Å². The molecular formula is C10H10BrN3S. The fourth-order valence-corrected chi connectivity index (χ4v) is 2.22. The zero-order valence-corrected chi connectivity index (χ0v) is 10.3. The second kappa shape index (κ2) is 4.63. The van der Waals surface area contributed by atoms with E-state index in [2.05, 4.69) is 38.4 Å². The molecule has 0 saturated carbocycles. The molecular weight excluding hydrogens is 274 g/mol. The van der Waals surface area contributed by atoms with Crippen LogP contribution in [0.5, 0.6) is 0 Å². The molecule has 2 aromatic rings. The highest BCUT2D eigenvalue weighted by Gasteiger charge is 1.98. The third kappa shape index (κ3) is 2.94. The average molecular weight is 284 g/mol. The summed E-state index contributed by atoms with van der Waals surface area (Å²) < 4.78 is 1.08. The molecule has 0 bridgehead atoms. The van der Waals surface area contributed by atoms with Crippen LogP contribution in [0.25, 0.3) is 0 Å². The van der Waals surface area contributed by atoms with Gasteiger partial charge < -0.3 is 11.1 Å². The molecule has 0 aliphatic heterocycles. The minimum atomic E-state index is 0.728. The van der Waals surface area contributed by atoms with E-state index in [1.165, 1.54) is 16.9 Å². The van der Waals surface area contributed by atoms with Gasteiger partial charge in [-0.15, -0.1) is 0 Å². The van der Waals surface area contributed by atoms with Gasteiger partial charge in [0.2, 0.25) is 0 Å². The van der Waals surface area contributed by atoms with E-state index in [9.17, 15) is 0 Å². The summed E-state index contributed by atoms with van der Waals surface area (Å²) in [7, 11) is 0. The fraction of sp³-hybridized carbons (Fsp3) is 0.100. The van der Waals surface area contributed by atoms with Gasteiger partial charge in [0.25, 0.3) is 0 Å². The molecule has 5 heteroatoms. The summed E-state index contributed by atoms with van der Waals surface area (Å²) in [6.07, 6.45) is 1.66. The zero-order chi connectivity index (χ0) is 10.7.